The number of rotatable bonds is 8. The third-order valence-electron chi connectivity index (χ3n) is 4.31. The summed E-state index contributed by atoms with van der Waals surface area (Å²) >= 11 is 12.3. The fourth-order valence-corrected chi connectivity index (χ4v) is 3.22. The Morgan fingerprint density at radius 2 is 1.83 bits per heavy atom. The van der Waals surface area contributed by atoms with Gasteiger partial charge < -0.3 is 15.0 Å². The molecular weight excluding hydrogens is 411 g/mol. The second-order valence-electron chi connectivity index (χ2n) is 7.20. The molecule has 7 heteroatoms. The first-order valence-corrected chi connectivity index (χ1v) is 10.2. The number of hydrogen-bond donors (Lipinski definition) is 1. The summed E-state index contributed by atoms with van der Waals surface area (Å²) in [6.07, 6.45) is 0. The van der Waals surface area contributed by atoms with Gasteiger partial charge >= 0.3 is 0 Å². The number of hydrogen-bond acceptors (Lipinski definition) is 3. The minimum absolute atomic E-state index is 0.0374. The molecule has 1 N–H and O–H groups in total. The first-order valence-electron chi connectivity index (χ1n) is 9.40. The number of carbonyl (C=O) groups is 2. The summed E-state index contributed by atoms with van der Waals surface area (Å²) in [6, 6.07) is 11.8. The summed E-state index contributed by atoms with van der Waals surface area (Å²) in [7, 11) is 0. The number of amides is 2. The Kier molecular flexibility index (Phi) is 8.35. The van der Waals surface area contributed by atoms with Crippen molar-refractivity contribution in [2.75, 3.05) is 6.61 Å². The lowest BCUT2D eigenvalue weighted by atomic mass is 10.1. The maximum absolute atomic E-state index is 13.0. The molecule has 2 rings (SSSR count). The SMILES string of the molecule is Cc1cccc(OCC(=O)N(Cc2ccc(Cl)cc2Cl)[C@@H](C)C(=O)NC(C)C)c1. The van der Waals surface area contributed by atoms with Gasteiger partial charge in [0, 0.05) is 22.6 Å². The predicted octanol–water partition coefficient (Wildman–Crippen LogP) is 4.62. The van der Waals surface area contributed by atoms with Gasteiger partial charge in [-0.2, -0.15) is 0 Å². The van der Waals surface area contributed by atoms with Crippen LogP contribution < -0.4 is 10.1 Å². The van der Waals surface area contributed by atoms with Crippen LogP contribution >= 0.6 is 23.2 Å². The molecule has 0 heterocycles. The normalized spacial score (nSPS) is 11.8. The van der Waals surface area contributed by atoms with E-state index in [4.69, 9.17) is 27.9 Å². The number of nitrogens with zero attached hydrogens (tertiary/aromatic N) is 1. The van der Waals surface area contributed by atoms with Crippen LogP contribution in [0.4, 0.5) is 0 Å². The zero-order valence-electron chi connectivity index (χ0n) is 17.0. The van der Waals surface area contributed by atoms with Gasteiger partial charge in [-0.1, -0.05) is 41.4 Å². The largest absolute Gasteiger partial charge is 0.484 e. The maximum Gasteiger partial charge on any atom is 0.261 e. The summed E-state index contributed by atoms with van der Waals surface area (Å²) in [5.74, 6) is 0.0417. The fourth-order valence-electron chi connectivity index (χ4n) is 2.75. The number of carbonyl (C=O) groups excluding carboxylic acids is 2. The Labute approximate surface area is 181 Å². The van der Waals surface area contributed by atoms with Crippen LogP contribution in [0.2, 0.25) is 10.0 Å². The fraction of sp³-hybridized carbons (Fsp3) is 0.364. The van der Waals surface area contributed by atoms with Crippen molar-refractivity contribution in [3.63, 3.8) is 0 Å². The van der Waals surface area contributed by atoms with Gasteiger partial charge in [0.1, 0.15) is 11.8 Å². The van der Waals surface area contributed by atoms with Crippen LogP contribution in [-0.4, -0.2) is 35.4 Å². The molecule has 1 atom stereocenters. The molecule has 0 spiro atoms. The molecule has 0 radical (unpaired) electrons. The molecule has 156 valence electrons. The standard InChI is InChI=1S/C22H26Cl2N2O3/c1-14(2)25-22(28)16(4)26(12-17-8-9-18(23)11-20(17)24)21(27)13-29-19-7-5-6-15(3)10-19/h5-11,14,16H,12-13H2,1-4H3,(H,25,28)/t16-/m0/s1. The van der Waals surface area contributed by atoms with E-state index in [9.17, 15) is 9.59 Å². The van der Waals surface area contributed by atoms with Gasteiger partial charge in [0.15, 0.2) is 6.61 Å². The summed E-state index contributed by atoms with van der Waals surface area (Å²) in [6.45, 7) is 7.35. The molecular formula is C22H26Cl2N2O3. The lowest BCUT2D eigenvalue weighted by Crippen LogP contribution is -2.50. The monoisotopic (exact) mass is 436 g/mol. The first-order chi connectivity index (χ1) is 13.7. The Morgan fingerprint density at radius 3 is 2.45 bits per heavy atom. The minimum atomic E-state index is -0.697. The van der Waals surface area contributed by atoms with E-state index in [0.29, 0.717) is 21.4 Å². The number of aryl methyl sites for hydroxylation is 1. The molecule has 0 fully saturated rings. The number of ether oxygens (including phenoxy) is 1. The van der Waals surface area contributed by atoms with Gasteiger partial charge in [-0.3, -0.25) is 9.59 Å². The van der Waals surface area contributed by atoms with Crippen molar-refractivity contribution < 1.29 is 14.3 Å². The zero-order valence-corrected chi connectivity index (χ0v) is 18.6. The van der Waals surface area contributed by atoms with Gasteiger partial charge in [-0.05, 0) is 63.1 Å². The summed E-state index contributed by atoms with van der Waals surface area (Å²) in [5, 5.41) is 3.78. The van der Waals surface area contributed by atoms with Gasteiger partial charge in [0.05, 0.1) is 0 Å². The summed E-state index contributed by atoms with van der Waals surface area (Å²) in [5.41, 5.74) is 1.73. The minimum Gasteiger partial charge on any atom is -0.484 e. The molecule has 0 saturated carbocycles. The van der Waals surface area contributed by atoms with E-state index in [2.05, 4.69) is 5.32 Å². The number of benzene rings is 2. The molecule has 0 aliphatic rings. The van der Waals surface area contributed by atoms with Gasteiger partial charge in [-0.25, -0.2) is 0 Å². The third kappa shape index (κ3) is 6.94. The molecule has 0 unspecified atom stereocenters. The Balaban J connectivity index is 2.20. The van der Waals surface area contributed by atoms with Crippen LogP contribution in [0, 0.1) is 6.92 Å². The molecule has 2 aromatic carbocycles. The van der Waals surface area contributed by atoms with Crippen molar-refractivity contribution in [1.82, 2.24) is 10.2 Å². The molecule has 5 nitrogen and oxygen atoms in total. The second-order valence-corrected chi connectivity index (χ2v) is 8.05. The van der Waals surface area contributed by atoms with Gasteiger partial charge in [-0.15, -0.1) is 0 Å². The van der Waals surface area contributed by atoms with Gasteiger partial charge in [0.2, 0.25) is 5.91 Å². The molecule has 0 saturated heterocycles. The zero-order chi connectivity index (χ0) is 21.6. The van der Waals surface area contributed by atoms with Crippen LogP contribution in [0.25, 0.3) is 0 Å². The molecule has 0 aliphatic carbocycles. The molecule has 2 amide bonds. The van der Waals surface area contributed by atoms with E-state index in [1.54, 1.807) is 31.2 Å². The Bertz CT molecular complexity index is 871. The third-order valence-corrected chi connectivity index (χ3v) is 4.89. The highest BCUT2D eigenvalue weighted by atomic mass is 35.5. The molecule has 0 aliphatic heterocycles. The van der Waals surface area contributed by atoms with E-state index in [1.165, 1.54) is 4.90 Å². The van der Waals surface area contributed by atoms with Crippen LogP contribution in [0.3, 0.4) is 0 Å². The molecule has 2 aromatic rings. The van der Waals surface area contributed by atoms with Crippen molar-refractivity contribution in [1.29, 1.82) is 0 Å². The number of nitrogens with one attached hydrogen (secondary N) is 1. The van der Waals surface area contributed by atoms with Crippen LogP contribution in [0.15, 0.2) is 42.5 Å². The maximum atomic E-state index is 13.0. The Hall–Kier alpha value is -2.24. The first kappa shape index (κ1) is 23.0. The quantitative estimate of drug-likeness (QED) is 0.656. The lowest BCUT2D eigenvalue weighted by Gasteiger charge is -2.29. The van der Waals surface area contributed by atoms with Gasteiger partial charge in [0.25, 0.3) is 5.91 Å². The van der Waals surface area contributed by atoms with Crippen molar-refractivity contribution in [2.45, 2.75) is 46.3 Å². The summed E-state index contributed by atoms with van der Waals surface area (Å²) < 4.78 is 5.65. The average Bonchev–Trinajstić information content (AvgIpc) is 2.64. The number of halogens is 2. The van der Waals surface area contributed by atoms with Crippen molar-refractivity contribution >= 4 is 35.0 Å². The smallest absolute Gasteiger partial charge is 0.261 e. The topological polar surface area (TPSA) is 58.6 Å². The van der Waals surface area contributed by atoms with Crippen molar-refractivity contribution in [3.05, 3.63) is 63.6 Å². The van der Waals surface area contributed by atoms with E-state index in [-0.39, 0.29) is 31.0 Å². The van der Waals surface area contributed by atoms with E-state index in [0.717, 1.165) is 5.56 Å². The van der Waals surface area contributed by atoms with E-state index < -0.39 is 6.04 Å². The van der Waals surface area contributed by atoms with E-state index >= 15 is 0 Å². The highest BCUT2D eigenvalue weighted by Gasteiger charge is 2.27. The van der Waals surface area contributed by atoms with Crippen LogP contribution in [-0.2, 0) is 16.1 Å². The lowest BCUT2D eigenvalue weighted by molar-refractivity contribution is -0.142. The van der Waals surface area contributed by atoms with Crippen molar-refractivity contribution in [3.8, 4) is 5.75 Å². The second kappa shape index (κ2) is 10.5. The Morgan fingerprint density at radius 1 is 1.10 bits per heavy atom. The average molecular weight is 437 g/mol. The highest BCUT2D eigenvalue weighted by Crippen LogP contribution is 2.23. The van der Waals surface area contributed by atoms with Crippen LogP contribution in [0.5, 0.6) is 5.75 Å². The summed E-state index contributed by atoms with van der Waals surface area (Å²) in [4.78, 5) is 27.0. The van der Waals surface area contributed by atoms with Crippen LogP contribution in [0.1, 0.15) is 31.9 Å². The van der Waals surface area contributed by atoms with Crippen molar-refractivity contribution in [2.24, 2.45) is 0 Å². The molecule has 0 aromatic heterocycles. The van der Waals surface area contributed by atoms with E-state index in [1.807, 2.05) is 39.0 Å². The highest BCUT2D eigenvalue weighted by molar-refractivity contribution is 6.35. The molecule has 29 heavy (non-hydrogen) atoms. The predicted molar refractivity (Wildman–Crippen MR) is 116 cm³/mol. The molecule has 0 bridgehead atoms.